The maximum Gasteiger partial charge on any atom is 0.325 e. The largest absolute Gasteiger partial charge is 0.394 e. The first-order chi connectivity index (χ1) is 11.2. The van der Waals surface area contributed by atoms with Crippen LogP contribution in [0.2, 0.25) is 0 Å². The zero-order chi connectivity index (χ0) is 18.3. The molecule has 0 aliphatic heterocycles. The van der Waals surface area contributed by atoms with Crippen LogP contribution in [0, 0.1) is 6.92 Å². The number of nitrogens with one attached hydrogen (secondary N) is 3. The van der Waals surface area contributed by atoms with Crippen LogP contribution in [-0.2, 0) is 26.4 Å². The van der Waals surface area contributed by atoms with Crippen molar-refractivity contribution in [1.82, 2.24) is 15.3 Å². The molecule has 134 valence electrons. The van der Waals surface area contributed by atoms with Crippen LogP contribution in [0.5, 0.6) is 0 Å². The fraction of sp³-hybridized carbons (Fsp3) is 0.462. The Hall–Kier alpha value is -1.85. The summed E-state index contributed by atoms with van der Waals surface area (Å²) < 4.78 is 22.7. The molecule has 4 N–H and O–H groups in total. The average Bonchev–Trinajstić information content (AvgIpc) is 2.44. The number of amides is 1. The number of aliphatic hydroxyl groups is 1. The highest BCUT2D eigenvalue weighted by molar-refractivity contribution is 8.01. The van der Waals surface area contributed by atoms with E-state index >= 15 is 0 Å². The zero-order valence-electron chi connectivity index (χ0n) is 13.2. The summed E-state index contributed by atoms with van der Waals surface area (Å²) in [6.45, 7) is 1.08. The Balaban J connectivity index is 2.74. The van der Waals surface area contributed by atoms with E-state index in [2.05, 4.69) is 10.3 Å². The van der Waals surface area contributed by atoms with E-state index in [9.17, 15) is 27.9 Å². The molecule has 3 unspecified atom stereocenters. The van der Waals surface area contributed by atoms with Gasteiger partial charge in [-0.25, -0.2) is 4.79 Å². The minimum absolute atomic E-state index is 0.0336. The van der Waals surface area contributed by atoms with Crippen molar-refractivity contribution in [3.05, 3.63) is 38.2 Å². The molecule has 0 aliphatic rings. The molecule has 0 saturated heterocycles. The van der Waals surface area contributed by atoms with Crippen LogP contribution < -0.4 is 16.6 Å². The van der Waals surface area contributed by atoms with E-state index in [0.717, 1.165) is 6.08 Å². The molecule has 0 aliphatic carbocycles. The molecular weight excluding hydrogens is 358 g/mol. The van der Waals surface area contributed by atoms with E-state index in [1.807, 2.05) is 4.98 Å². The van der Waals surface area contributed by atoms with E-state index in [1.165, 1.54) is 19.3 Å². The van der Waals surface area contributed by atoms with Crippen molar-refractivity contribution in [2.45, 2.75) is 13.0 Å². The molecular formula is C13H19N3O6S2. The van der Waals surface area contributed by atoms with Gasteiger partial charge in [0.25, 0.3) is 5.56 Å². The molecule has 0 bridgehead atoms. The van der Waals surface area contributed by atoms with E-state index in [-0.39, 0.29) is 16.4 Å². The van der Waals surface area contributed by atoms with Gasteiger partial charge in [-0.15, -0.1) is 0 Å². The molecule has 1 aromatic rings. The summed E-state index contributed by atoms with van der Waals surface area (Å²) in [5.74, 6) is -0.637. The third-order valence-electron chi connectivity index (χ3n) is 2.83. The number of rotatable bonds is 8. The van der Waals surface area contributed by atoms with Gasteiger partial charge in [-0.05, 0) is 13.0 Å². The number of aromatic amines is 2. The predicted octanol–water partition coefficient (Wildman–Crippen LogP) is -2.05. The van der Waals surface area contributed by atoms with Crippen molar-refractivity contribution in [2.75, 3.05) is 23.7 Å². The van der Waals surface area contributed by atoms with Gasteiger partial charge in [0.15, 0.2) is 0 Å². The Kier molecular flexibility index (Phi) is 7.95. The topological polar surface area (TPSA) is 149 Å². The van der Waals surface area contributed by atoms with Crippen LogP contribution in [0.15, 0.2) is 15.7 Å². The number of hydrogen-bond donors (Lipinski definition) is 4. The smallest absolute Gasteiger partial charge is 0.325 e. The van der Waals surface area contributed by atoms with E-state index in [1.54, 1.807) is 0 Å². The SMILES string of the molecule is Cc1[nH]c(=O)[nH]c(=O)c1/C=C/C(=O)NC(CO)CS(=O)CS(C)=O. The van der Waals surface area contributed by atoms with Gasteiger partial charge in [-0.3, -0.25) is 23.0 Å². The second-order valence-corrected chi connectivity index (χ2v) is 8.27. The molecule has 9 nitrogen and oxygen atoms in total. The lowest BCUT2D eigenvalue weighted by atomic mass is 10.2. The molecule has 11 heteroatoms. The fourth-order valence-electron chi connectivity index (χ4n) is 1.82. The lowest BCUT2D eigenvalue weighted by Crippen LogP contribution is -2.41. The fourth-order valence-corrected chi connectivity index (χ4v) is 4.32. The van der Waals surface area contributed by atoms with E-state index in [4.69, 9.17) is 0 Å². The van der Waals surface area contributed by atoms with Gasteiger partial charge in [0, 0.05) is 45.4 Å². The lowest BCUT2D eigenvalue weighted by Gasteiger charge is -2.14. The Labute approximate surface area is 142 Å². The van der Waals surface area contributed by atoms with Crippen molar-refractivity contribution in [3.8, 4) is 0 Å². The molecule has 0 saturated carbocycles. The molecule has 24 heavy (non-hydrogen) atoms. The van der Waals surface area contributed by atoms with Crippen LogP contribution in [0.25, 0.3) is 6.08 Å². The summed E-state index contributed by atoms with van der Waals surface area (Å²) in [6, 6.07) is -0.763. The quantitative estimate of drug-likeness (QED) is 0.383. The summed E-state index contributed by atoms with van der Waals surface area (Å²) in [6.07, 6.45) is 3.71. The Bertz CT molecular complexity index is 783. The first-order valence-electron chi connectivity index (χ1n) is 6.80. The Morgan fingerprint density at radius 3 is 2.54 bits per heavy atom. The van der Waals surface area contributed by atoms with Crippen molar-refractivity contribution < 1.29 is 18.3 Å². The zero-order valence-corrected chi connectivity index (χ0v) is 14.8. The number of aromatic nitrogens is 2. The van der Waals surface area contributed by atoms with Crippen LogP contribution >= 0.6 is 0 Å². The number of carbonyl (C=O) groups is 1. The Morgan fingerprint density at radius 1 is 1.33 bits per heavy atom. The van der Waals surface area contributed by atoms with E-state index in [0.29, 0.717) is 5.69 Å². The lowest BCUT2D eigenvalue weighted by molar-refractivity contribution is -0.117. The number of carbonyl (C=O) groups excluding carboxylic acids is 1. The van der Waals surface area contributed by atoms with Gasteiger partial charge < -0.3 is 15.4 Å². The maximum atomic E-state index is 11.8. The molecule has 3 atom stereocenters. The number of H-pyrrole nitrogens is 2. The first-order valence-corrected chi connectivity index (χ1v) is 10.0. The van der Waals surface area contributed by atoms with Crippen LogP contribution in [-0.4, -0.2) is 59.1 Å². The summed E-state index contributed by atoms with van der Waals surface area (Å²) in [7, 11) is -2.68. The number of aryl methyl sites for hydroxylation is 1. The van der Waals surface area contributed by atoms with Gasteiger partial charge in [-0.2, -0.15) is 0 Å². The van der Waals surface area contributed by atoms with Crippen LogP contribution in [0.3, 0.4) is 0 Å². The van der Waals surface area contributed by atoms with Crippen molar-refractivity contribution in [2.24, 2.45) is 0 Å². The van der Waals surface area contributed by atoms with Gasteiger partial charge in [0.1, 0.15) is 0 Å². The monoisotopic (exact) mass is 377 g/mol. The van der Waals surface area contributed by atoms with Crippen molar-refractivity contribution >= 4 is 33.6 Å². The van der Waals surface area contributed by atoms with Gasteiger partial charge in [-0.1, -0.05) is 0 Å². The van der Waals surface area contributed by atoms with Gasteiger partial charge >= 0.3 is 5.69 Å². The summed E-state index contributed by atoms with van der Waals surface area (Å²) in [4.78, 5) is 39.0. The molecule has 1 amide bonds. The second-order valence-electron chi connectivity index (χ2n) is 4.97. The third-order valence-corrected chi connectivity index (χ3v) is 5.98. The highest BCUT2D eigenvalue weighted by Crippen LogP contribution is 1.98. The number of aliphatic hydroxyl groups excluding tert-OH is 1. The first kappa shape index (κ1) is 20.2. The van der Waals surface area contributed by atoms with Gasteiger partial charge in [0.2, 0.25) is 5.91 Å². The van der Waals surface area contributed by atoms with Gasteiger partial charge in [0.05, 0.1) is 23.3 Å². The highest BCUT2D eigenvalue weighted by Gasteiger charge is 2.14. The highest BCUT2D eigenvalue weighted by atomic mass is 32.2. The number of hydrogen-bond acceptors (Lipinski definition) is 6. The Morgan fingerprint density at radius 2 is 2.00 bits per heavy atom. The summed E-state index contributed by atoms with van der Waals surface area (Å²) in [5, 5.41) is 11.6. The van der Waals surface area contributed by atoms with Crippen LogP contribution in [0.4, 0.5) is 0 Å². The molecule has 0 spiro atoms. The molecule has 1 rings (SSSR count). The maximum absolute atomic E-state index is 11.8. The minimum atomic E-state index is -1.44. The average molecular weight is 377 g/mol. The molecule has 0 fully saturated rings. The van der Waals surface area contributed by atoms with E-state index < -0.39 is 51.4 Å². The minimum Gasteiger partial charge on any atom is -0.394 e. The van der Waals surface area contributed by atoms with Crippen molar-refractivity contribution in [3.63, 3.8) is 0 Å². The van der Waals surface area contributed by atoms with Crippen molar-refractivity contribution in [1.29, 1.82) is 0 Å². The normalized spacial score (nSPS) is 15.1. The molecule has 1 aromatic heterocycles. The molecule has 0 radical (unpaired) electrons. The van der Waals surface area contributed by atoms with Crippen LogP contribution in [0.1, 0.15) is 11.3 Å². The molecule has 1 heterocycles. The molecule has 0 aromatic carbocycles. The summed E-state index contributed by atoms with van der Waals surface area (Å²) >= 11 is 0. The predicted molar refractivity (Wildman–Crippen MR) is 92.4 cm³/mol. The standard InChI is InChI=1S/C13H19N3O6S2/c1-8-10(12(19)16-13(20)14-8)3-4-11(18)15-9(5-17)6-24(22)7-23(2)21/h3-4,9,17H,5-7H2,1-2H3,(H,15,18)(H2,14,16,19,20)/b4-3+. The summed E-state index contributed by atoms with van der Waals surface area (Å²) in [5.41, 5.74) is -0.853. The third kappa shape index (κ3) is 6.72. The second kappa shape index (κ2) is 9.45.